The summed E-state index contributed by atoms with van der Waals surface area (Å²) in [6.07, 6.45) is 1.61. The highest BCUT2D eigenvalue weighted by molar-refractivity contribution is 6.30. The van der Waals surface area contributed by atoms with Gasteiger partial charge in [0, 0.05) is 11.4 Å². The van der Waals surface area contributed by atoms with Crippen molar-refractivity contribution in [2.75, 3.05) is 6.54 Å². The quantitative estimate of drug-likeness (QED) is 0.825. The fourth-order valence-electron chi connectivity index (χ4n) is 1.76. The summed E-state index contributed by atoms with van der Waals surface area (Å²) in [7, 11) is 0. The summed E-state index contributed by atoms with van der Waals surface area (Å²) in [5, 5.41) is 3.89. The molecule has 15 heavy (non-hydrogen) atoms. The number of halogens is 2. The van der Waals surface area contributed by atoms with Crippen LogP contribution >= 0.6 is 24.0 Å². The molecule has 1 N–H and O–H groups in total. The zero-order chi connectivity index (χ0) is 9.97. The molecule has 1 unspecified atom stereocenters. The second kappa shape index (κ2) is 5.50. The predicted molar refractivity (Wildman–Crippen MR) is 63.7 cm³/mol. The van der Waals surface area contributed by atoms with Crippen LogP contribution in [0.3, 0.4) is 0 Å². The number of hydrogen-bond donors (Lipinski definition) is 1. The summed E-state index contributed by atoms with van der Waals surface area (Å²) < 4.78 is 0. The van der Waals surface area contributed by atoms with Gasteiger partial charge in [0.15, 0.2) is 5.78 Å². The first-order chi connectivity index (χ1) is 6.77. The molecule has 2 nitrogen and oxygen atoms in total. The van der Waals surface area contributed by atoms with Crippen molar-refractivity contribution < 1.29 is 4.79 Å². The Morgan fingerprint density at radius 3 is 2.87 bits per heavy atom. The second-order valence-electron chi connectivity index (χ2n) is 3.51. The zero-order valence-electron chi connectivity index (χ0n) is 8.20. The fraction of sp³-hybridized carbons (Fsp3) is 0.364. The average Bonchev–Trinajstić information content (AvgIpc) is 2.18. The summed E-state index contributed by atoms with van der Waals surface area (Å²) >= 11 is 5.87. The van der Waals surface area contributed by atoms with Gasteiger partial charge in [-0.1, -0.05) is 23.7 Å². The normalized spacial score (nSPS) is 20.9. The van der Waals surface area contributed by atoms with Crippen LogP contribution in [0.5, 0.6) is 0 Å². The highest BCUT2D eigenvalue weighted by atomic mass is 35.5. The van der Waals surface area contributed by atoms with Gasteiger partial charge in [-0.05, 0) is 30.7 Å². The first-order valence-electron chi connectivity index (χ1n) is 4.79. The van der Waals surface area contributed by atoms with Gasteiger partial charge in [-0.15, -0.1) is 12.4 Å². The van der Waals surface area contributed by atoms with Gasteiger partial charge < -0.3 is 5.32 Å². The Labute approximate surface area is 100 Å². The van der Waals surface area contributed by atoms with E-state index in [1.807, 2.05) is 24.3 Å². The Morgan fingerprint density at radius 2 is 2.20 bits per heavy atom. The van der Waals surface area contributed by atoms with Crippen LogP contribution in [0.4, 0.5) is 0 Å². The SMILES string of the molecule is Cl.O=C1CCCNC1c1cccc(Cl)c1. The largest absolute Gasteiger partial charge is 0.304 e. The molecule has 1 aliphatic rings. The van der Waals surface area contributed by atoms with Crippen molar-refractivity contribution in [1.29, 1.82) is 0 Å². The Kier molecular flexibility index (Phi) is 4.58. The average molecular weight is 246 g/mol. The summed E-state index contributed by atoms with van der Waals surface area (Å²) in [6.45, 7) is 0.906. The number of carbonyl (C=O) groups is 1. The first-order valence-corrected chi connectivity index (χ1v) is 5.17. The third-order valence-electron chi connectivity index (χ3n) is 2.45. The van der Waals surface area contributed by atoms with E-state index in [0.29, 0.717) is 11.4 Å². The van der Waals surface area contributed by atoms with Gasteiger partial charge in [0.25, 0.3) is 0 Å². The molecular formula is C11H13Cl2NO. The lowest BCUT2D eigenvalue weighted by Gasteiger charge is -2.22. The molecule has 1 fully saturated rings. The number of rotatable bonds is 1. The van der Waals surface area contributed by atoms with Crippen molar-refractivity contribution in [2.24, 2.45) is 0 Å². The number of ketones is 1. The third-order valence-corrected chi connectivity index (χ3v) is 2.69. The van der Waals surface area contributed by atoms with Gasteiger partial charge >= 0.3 is 0 Å². The maximum Gasteiger partial charge on any atom is 0.154 e. The second-order valence-corrected chi connectivity index (χ2v) is 3.95. The molecule has 1 saturated heterocycles. The maximum atomic E-state index is 11.6. The number of piperidine rings is 1. The Bertz CT molecular complexity index is 354. The molecule has 0 aliphatic carbocycles. The fourth-order valence-corrected chi connectivity index (χ4v) is 1.96. The number of nitrogens with one attached hydrogen (secondary N) is 1. The smallest absolute Gasteiger partial charge is 0.154 e. The molecular weight excluding hydrogens is 233 g/mol. The number of hydrogen-bond acceptors (Lipinski definition) is 2. The van der Waals surface area contributed by atoms with Gasteiger partial charge in [-0.2, -0.15) is 0 Å². The lowest BCUT2D eigenvalue weighted by atomic mass is 9.96. The molecule has 0 bridgehead atoms. The van der Waals surface area contributed by atoms with Gasteiger partial charge in [0.1, 0.15) is 0 Å². The number of benzene rings is 1. The van der Waals surface area contributed by atoms with Gasteiger partial charge in [-0.3, -0.25) is 4.79 Å². The zero-order valence-corrected chi connectivity index (χ0v) is 9.77. The van der Waals surface area contributed by atoms with Crippen molar-refractivity contribution in [1.82, 2.24) is 5.32 Å². The molecule has 1 heterocycles. The van der Waals surface area contributed by atoms with Crippen molar-refractivity contribution in [2.45, 2.75) is 18.9 Å². The molecule has 0 radical (unpaired) electrons. The van der Waals surface area contributed by atoms with Crippen LogP contribution in [-0.2, 0) is 4.79 Å². The van der Waals surface area contributed by atoms with Crippen molar-refractivity contribution >= 4 is 29.8 Å². The molecule has 4 heteroatoms. The van der Waals surface area contributed by atoms with E-state index in [0.717, 1.165) is 18.5 Å². The number of carbonyl (C=O) groups excluding carboxylic acids is 1. The Balaban J connectivity index is 0.00000112. The van der Waals surface area contributed by atoms with Crippen LogP contribution in [0.1, 0.15) is 24.4 Å². The molecule has 0 spiro atoms. The molecule has 0 saturated carbocycles. The summed E-state index contributed by atoms with van der Waals surface area (Å²) in [6, 6.07) is 7.33. The van der Waals surface area contributed by atoms with Crippen molar-refractivity contribution in [3.63, 3.8) is 0 Å². The van der Waals surface area contributed by atoms with Crippen LogP contribution in [-0.4, -0.2) is 12.3 Å². The van der Waals surface area contributed by atoms with E-state index >= 15 is 0 Å². The Hall–Kier alpha value is -0.570. The first kappa shape index (κ1) is 12.5. The molecule has 0 amide bonds. The van der Waals surface area contributed by atoms with Gasteiger partial charge in [-0.25, -0.2) is 0 Å². The highest BCUT2D eigenvalue weighted by Gasteiger charge is 2.22. The van der Waals surface area contributed by atoms with Gasteiger partial charge in [0.05, 0.1) is 6.04 Å². The van der Waals surface area contributed by atoms with Crippen LogP contribution in [0.25, 0.3) is 0 Å². The summed E-state index contributed by atoms with van der Waals surface area (Å²) in [5.74, 6) is 0.263. The van der Waals surface area contributed by atoms with E-state index in [2.05, 4.69) is 5.32 Å². The molecule has 1 aromatic carbocycles. The van der Waals surface area contributed by atoms with Crippen molar-refractivity contribution in [3.8, 4) is 0 Å². The molecule has 1 aromatic rings. The van der Waals surface area contributed by atoms with Crippen LogP contribution < -0.4 is 5.32 Å². The van der Waals surface area contributed by atoms with Crippen LogP contribution in [0, 0.1) is 0 Å². The maximum absolute atomic E-state index is 11.6. The van der Waals surface area contributed by atoms with Crippen LogP contribution in [0.2, 0.25) is 5.02 Å². The molecule has 82 valence electrons. The van der Waals surface area contributed by atoms with Crippen LogP contribution in [0.15, 0.2) is 24.3 Å². The summed E-state index contributed by atoms with van der Waals surface area (Å²) in [4.78, 5) is 11.6. The topological polar surface area (TPSA) is 29.1 Å². The molecule has 0 aromatic heterocycles. The monoisotopic (exact) mass is 245 g/mol. The highest BCUT2D eigenvalue weighted by Crippen LogP contribution is 2.22. The van der Waals surface area contributed by atoms with E-state index in [1.54, 1.807) is 0 Å². The minimum absolute atomic E-state index is 0. The molecule has 1 aliphatic heterocycles. The minimum Gasteiger partial charge on any atom is -0.304 e. The van der Waals surface area contributed by atoms with Crippen molar-refractivity contribution in [3.05, 3.63) is 34.9 Å². The molecule has 1 atom stereocenters. The van der Waals surface area contributed by atoms with E-state index < -0.39 is 0 Å². The van der Waals surface area contributed by atoms with E-state index in [4.69, 9.17) is 11.6 Å². The third kappa shape index (κ3) is 2.94. The summed E-state index contributed by atoms with van der Waals surface area (Å²) in [5.41, 5.74) is 0.974. The molecule has 2 rings (SSSR count). The Morgan fingerprint density at radius 1 is 1.40 bits per heavy atom. The number of Topliss-reactive ketones (excluding diaryl/α,β-unsaturated/α-hetero) is 1. The minimum atomic E-state index is -0.151. The van der Waals surface area contributed by atoms with E-state index in [-0.39, 0.29) is 24.2 Å². The standard InChI is InChI=1S/C11H12ClNO.ClH/c12-9-4-1-3-8(7-9)11-10(14)5-2-6-13-11;/h1,3-4,7,11,13H,2,5-6H2;1H. The van der Waals surface area contributed by atoms with Gasteiger partial charge in [0.2, 0.25) is 0 Å². The lowest BCUT2D eigenvalue weighted by Crippen LogP contribution is -2.34. The lowest BCUT2D eigenvalue weighted by molar-refractivity contribution is -0.122. The van der Waals surface area contributed by atoms with E-state index in [9.17, 15) is 4.79 Å². The predicted octanol–water partition coefficient (Wildman–Crippen LogP) is 2.76. The van der Waals surface area contributed by atoms with E-state index in [1.165, 1.54) is 0 Å².